The number of nitrogens with zero attached hydrogens (tertiary/aromatic N) is 2. The number of carboxylic acids is 1. The molecule has 1 saturated heterocycles. The highest BCUT2D eigenvalue weighted by atomic mass is 16.4. The lowest BCUT2D eigenvalue weighted by Gasteiger charge is -2.19. The molecule has 0 spiro atoms. The number of aliphatic carboxylic acids is 1. The van der Waals surface area contributed by atoms with Crippen molar-refractivity contribution in [3.05, 3.63) is 29.7 Å². The summed E-state index contributed by atoms with van der Waals surface area (Å²) in [5, 5.41) is 9.12. The number of furan rings is 1. The van der Waals surface area contributed by atoms with Crippen molar-refractivity contribution in [3.8, 4) is 0 Å². The van der Waals surface area contributed by atoms with E-state index in [1.165, 1.54) is 4.90 Å². The molecule has 104 valence electrons. The molecule has 0 saturated carbocycles. The molecule has 0 unspecified atom stereocenters. The predicted octanol–water partition coefficient (Wildman–Crippen LogP) is 1.83. The molecule has 3 rings (SSSR count). The van der Waals surface area contributed by atoms with Crippen molar-refractivity contribution < 1.29 is 19.1 Å². The maximum atomic E-state index is 12.4. The summed E-state index contributed by atoms with van der Waals surface area (Å²) in [5.74, 6) is -1.21. The van der Waals surface area contributed by atoms with Crippen LogP contribution in [0.15, 0.2) is 22.6 Å². The van der Waals surface area contributed by atoms with E-state index in [1.807, 2.05) is 6.92 Å². The highest BCUT2D eigenvalue weighted by Gasteiger charge is 2.35. The lowest BCUT2D eigenvalue weighted by molar-refractivity contribution is -0.141. The third-order valence-corrected chi connectivity index (χ3v) is 3.52. The van der Waals surface area contributed by atoms with Gasteiger partial charge in [-0.1, -0.05) is 0 Å². The maximum absolute atomic E-state index is 12.4. The topological polar surface area (TPSA) is 83.6 Å². The van der Waals surface area contributed by atoms with Gasteiger partial charge >= 0.3 is 5.97 Å². The van der Waals surface area contributed by atoms with Crippen molar-refractivity contribution >= 4 is 23.0 Å². The van der Waals surface area contributed by atoms with E-state index in [2.05, 4.69) is 4.98 Å². The molecule has 0 radical (unpaired) electrons. The molecule has 6 heteroatoms. The molecule has 6 nitrogen and oxygen atoms in total. The fourth-order valence-electron chi connectivity index (χ4n) is 2.54. The van der Waals surface area contributed by atoms with Crippen LogP contribution in [0.25, 0.3) is 11.1 Å². The van der Waals surface area contributed by atoms with Gasteiger partial charge in [-0.25, -0.2) is 9.78 Å². The molecule has 1 amide bonds. The first-order chi connectivity index (χ1) is 9.56. The lowest BCUT2D eigenvalue weighted by Crippen LogP contribution is -2.40. The number of aromatic nitrogens is 1. The summed E-state index contributed by atoms with van der Waals surface area (Å²) >= 11 is 0. The number of carbonyl (C=O) groups excluding carboxylic acids is 1. The van der Waals surface area contributed by atoms with Crippen molar-refractivity contribution in [2.75, 3.05) is 6.54 Å². The van der Waals surface area contributed by atoms with Crippen LogP contribution in [0.4, 0.5) is 0 Å². The minimum absolute atomic E-state index is 0.145. The summed E-state index contributed by atoms with van der Waals surface area (Å²) in [6.45, 7) is 2.30. The second-order valence-corrected chi connectivity index (χ2v) is 4.94. The normalized spacial score (nSPS) is 18.6. The number of amides is 1. The van der Waals surface area contributed by atoms with Crippen LogP contribution in [0.5, 0.6) is 0 Å². The van der Waals surface area contributed by atoms with Crippen LogP contribution in [-0.2, 0) is 4.79 Å². The molecule has 0 aliphatic carbocycles. The zero-order valence-corrected chi connectivity index (χ0v) is 11.0. The summed E-state index contributed by atoms with van der Waals surface area (Å²) in [6.07, 6.45) is 1.18. The Morgan fingerprint density at radius 3 is 3.00 bits per heavy atom. The Morgan fingerprint density at radius 2 is 2.25 bits per heavy atom. The van der Waals surface area contributed by atoms with E-state index in [1.54, 1.807) is 18.2 Å². The summed E-state index contributed by atoms with van der Waals surface area (Å²) in [5.41, 5.74) is 1.98. The van der Waals surface area contributed by atoms with Gasteiger partial charge in [0, 0.05) is 18.3 Å². The molecular formula is C14H14N2O4. The van der Waals surface area contributed by atoms with Gasteiger partial charge in [-0.2, -0.15) is 0 Å². The lowest BCUT2D eigenvalue weighted by atomic mass is 10.2. The molecule has 1 aliphatic rings. The third kappa shape index (κ3) is 2.03. The van der Waals surface area contributed by atoms with E-state index < -0.39 is 12.0 Å². The van der Waals surface area contributed by atoms with E-state index in [9.17, 15) is 9.59 Å². The van der Waals surface area contributed by atoms with Gasteiger partial charge in [0.2, 0.25) is 0 Å². The van der Waals surface area contributed by atoms with Crippen molar-refractivity contribution in [2.45, 2.75) is 25.8 Å². The highest BCUT2D eigenvalue weighted by molar-refractivity contribution is 5.97. The smallest absolute Gasteiger partial charge is 0.326 e. The average Bonchev–Trinajstić information content (AvgIpc) is 3.03. The first-order valence-corrected chi connectivity index (χ1v) is 6.47. The van der Waals surface area contributed by atoms with Crippen LogP contribution in [0.2, 0.25) is 0 Å². The second-order valence-electron chi connectivity index (χ2n) is 4.94. The van der Waals surface area contributed by atoms with Crippen LogP contribution in [0.1, 0.15) is 29.1 Å². The SMILES string of the molecule is Cc1ccc2oc(C(=O)N3CCC[C@@H]3C(=O)O)cc2n1. The number of rotatable bonds is 2. The molecule has 0 bridgehead atoms. The summed E-state index contributed by atoms with van der Waals surface area (Å²) in [6, 6.07) is 4.37. The molecule has 20 heavy (non-hydrogen) atoms. The largest absolute Gasteiger partial charge is 0.480 e. The fraction of sp³-hybridized carbons (Fsp3) is 0.357. The standard InChI is InChI=1S/C14H14N2O4/c1-8-4-5-11-9(15-8)7-12(20-11)13(17)16-6-2-3-10(16)14(18)19/h4-5,7,10H,2-3,6H2,1H3,(H,18,19)/t10-/m1/s1. The first kappa shape index (κ1) is 12.7. The van der Waals surface area contributed by atoms with Crippen LogP contribution in [0, 0.1) is 6.92 Å². The third-order valence-electron chi connectivity index (χ3n) is 3.52. The Labute approximate surface area is 115 Å². The average molecular weight is 274 g/mol. The van der Waals surface area contributed by atoms with Gasteiger partial charge in [0.05, 0.1) is 0 Å². The Kier molecular flexibility index (Phi) is 2.93. The minimum Gasteiger partial charge on any atom is -0.480 e. The van der Waals surface area contributed by atoms with E-state index in [0.29, 0.717) is 30.5 Å². The number of hydrogen-bond acceptors (Lipinski definition) is 4. The summed E-state index contributed by atoms with van der Waals surface area (Å²) < 4.78 is 5.48. The molecule has 2 aromatic rings. The van der Waals surface area contributed by atoms with Gasteiger partial charge < -0.3 is 14.4 Å². The quantitative estimate of drug-likeness (QED) is 0.903. The zero-order chi connectivity index (χ0) is 14.3. The molecular weight excluding hydrogens is 260 g/mol. The number of carbonyl (C=O) groups is 2. The second kappa shape index (κ2) is 4.63. The number of carboxylic acid groups (broad SMARTS) is 1. The van der Waals surface area contributed by atoms with Crippen molar-refractivity contribution in [3.63, 3.8) is 0 Å². The monoisotopic (exact) mass is 274 g/mol. The van der Waals surface area contributed by atoms with Gasteiger partial charge in [0.25, 0.3) is 5.91 Å². The van der Waals surface area contributed by atoms with Gasteiger partial charge in [0.1, 0.15) is 11.6 Å². The number of likely N-dealkylation sites (tertiary alicyclic amines) is 1. The predicted molar refractivity (Wildman–Crippen MR) is 70.4 cm³/mol. The number of fused-ring (bicyclic) bond motifs is 1. The minimum atomic E-state index is -0.971. The Bertz CT molecular complexity index is 692. The highest BCUT2D eigenvalue weighted by Crippen LogP contribution is 2.24. The van der Waals surface area contributed by atoms with Crippen molar-refractivity contribution in [1.82, 2.24) is 9.88 Å². The molecule has 1 fully saturated rings. The van der Waals surface area contributed by atoms with Gasteiger partial charge in [-0.15, -0.1) is 0 Å². The maximum Gasteiger partial charge on any atom is 0.326 e. The van der Waals surface area contributed by atoms with Crippen LogP contribution in [0.3, 0.4) is 0 Å². The number of pyridine rings is 1. The first-order valence-electron chi connectivity index (χ1n) is 6.47. The van der Waals surface area contributed by atoms with Crippen LogP contribution in [-0.4, -0.2) is 39.5 Å². The molecule has 3 heterocycles. The van der Waals surface area contributed by atoms with Gasteiger partial charge in [0.15, 0.2) is 11.3 Å². The summed E-state index contributed by atoms with van der Waals surface area (Å²) in [7, 11) is 0. The van der Waals surface area contributed by atoms with E-state index >= 15 is 0 Å². The molecule has 0 aromatic carbocycles. The van der Waals surface area contributed by atoms with E-state index in [0.717, 1.165) is 5.69 Å². The molecule has 2 aromatic heterocycles. The molecule has 1 N–H and O–H groups in total. The Hall–Kier alpha value is -2.37. The fourth-order valence-corrected chi connectivity index (χ4v) is 2.54. The van der Waals surface area contributed by atoms with Crippen LogP contribution >= 0.6 is 0 Å². The van der Waals surface area contributed by atoms with Gasteiger partial charge in [-0.3, -0.25) is 4.79 Å². The molecule has 1 atom stereocenters. The Morgan fingerprint density at radius 1 is 1.45 bits per heavy atom. The van der Waals surface area contributed by atoms with Crippen LogP contribution < -0.4 is 0 Å². The van der Waals surface area contributed by atoms with E-state index in [4.69, 9.17) is 9.52 Å². The van der Waals surface area contributed by atoms with E-state index in [-0.39, 0.29) is 11.7 Å². The van der Waals surface area contributed by atoms with Crippen molar-refractivity contribution in [2.24, 2.45) is 0 Å². The number of hydrogen-bond donors (Lipinski definition) is 1. The van der Waals surface area contributed by atoms with Gasteiger partial charge in [-0.05, 0) is 31.9 Å². The zero-order valence-electron chi connectivity index (χ0n) is 11.0. The molecule has 1 aliphatic heterocycles. The summed E-state index contributed by atoms with van der Waals surface area (Å²) in [4.78, 5) is 29.1. The van der Waals surface area contributed by atoms with Crippen molar-refractivity contribution in [1.29, 1.82) is 0 Å². The Balaban J connectivity index is 1.94. The number of aryl methyl sites for hydroxylation is 1.